The first kappa shape index (κ1) is 16.2. The van der Waals surface area contributed by atoms with Crippen molar-refractivity contribution in [1.82, 2.24) is 10.2 Å². The number of hydrogen-bond acceptors (Lipinski definition) is 3. The molecule has 23 heavy (non-hydrogen) atoms. The minimum absolute atomic E-state index is 0.161. The van der Waals surface area contributed by atoms with E-state index in [4.69, 9.17) is 0 Å². The quantitative estimate of drug-likeness (QED) is 0.649. The normalized spacial score (nSPS) is 18.7. The van der Waals surface area contributed by atoms with Crippen LogP contribution in [0, 0.1) is 0 Å². The minimum Gasteiger partial charge on any atom is -0.352 e. The van der Waals surface area contributed by atoms with Gasteiger partial charge in [-0.2, -0.15) is 0 Å². The van der Waals surface area contributed by atoms with Gasteiger partial charge in [0.25, 0.3) is 11.8 Å². The third-order valence-electron chi connectivity index (χ3n) is 4.45. The molecule has 1 N–H and O–H groups in total. The van der Waals surface area contributed by atoms with Gasteiger partial charge in [0.05, 0.1) is 11.1 Å². The van der Waals surface area contributed by atoms with E-state index in [9.17, 15) is 14.4 Å². The Kier molecular flexibility index (Phi) is 4.80. The summed E-state index contributed by atoms with van der Waals surface area (Å²) in [5.74, 6) is -1.05. The fraction of sp³-hybridized carbons (Fsp3) is 0.471. The Balaban J connectivity index is 1.65. The maximum absolute atomic E-state index is 12.3. The maximum Gasteiger partial charge on any atom is 0.262 e. The van der Waals surface area contributed by atoms with Crippen LogP contribution in [0.25, 0.3) is 0 Å². The predicted molar refractivity (Wildman–Crippen MR) is 89.1 cm³/mol. The van der Waals surface area contributed by atoms with E-state index in [1.165, 1.54) is 12.8 Å². The number of hydrogen-bond donors (Lipinski definition) is 1. The summed E-state index contributed by atoms with van der Waals surface area (Å²) in [6.07, 6.45) is 6.60. The van der Waals surface area contributed by atoms with Crippen LogP contribution in [-0.4, -0.2) is 35.2 Å². The average molecular weight is 379 g/mol. The summed E-state index contributed by atoms with van der Waals surface area (Å²) in [7, 11) is 0. The van der Waals surface area contributed by atoms with Crippen LogP contribution in [0.2, 0.25) is 0 Å². The SMILES string of the molecule is O=C(CN1C(=O)c2ccc(Br)cc2C1=O)NC1CCCCCC1. The fourth-order valence-corrected chi connectivity index (χ4v) is 3.61. The molecule has 0 radical (unpaired) electrons. The van der Waals surface area contributed by atoms with Crippen LogP contribution in [-0.2, 0) is 4.79 Å². The third-order valence-corrected chi connectivity index (χ3v) is 4.95. The highest BCUT2D eigenvalue weighted by molar-refractivity contribution is 9.10. The number of fused-ring (bicyclic) bond motifs is 1. The first-order valence-electron chi connectivity index (χ1n) is 8.01. The average Bonchev–Trinajstić information content (AvgIpc) is 2.72. The van der Waals surface area contributed by atoms with Crippen LogP contribution < -0.4 is 5.32 Å². The molecule has 0 atom stereocenters. The number of amides is 3. The van der Waals surface area contributed by atoms with Crippen LogP contribution in [0.3, 0.4) is 0 Å². The largest absolute Gasteiger partial charge is 0.352 e. The molecule has 122 valence electrons. The molecular weight excluding hydrogens is 360 g/mol. The van der Waals surface area contributed by atoms with Gasteiger partial charge in [-0.05, 0) is 31.0 Å². The molecule has 0 aromatic heterocycles. The standard InChI is InChI=1S/C17H19BrN2O3/c18-11-7-8-13-14(9-11)17(23)20(16(13)22)10-15(21)19-12-5-3-1-2-4-6-12/h7-9,12H,1-6,10H2,(H,19,21). The van der Waals surface area contributed by atoms with Gasteiger partial charge in [0.15, 0.2) is 0 Å². The summed E-state index contributed by atoms with van der Waals surface area (Å²) in [6.45, 7) is -0.208. The highest BCUT2D eigenvalue weighted by atomic mass is 79.9. The van der Waals surface area contributed by atoms with Gasteiger partial charge < -0.3 is 5.32 Å². The number of nitrogens with zero attached hydrogens (tertiary/aromatic N) is 1. The number of halogens is 1. The summed E-state index contributed by atoms with van der Waals surface area (Å²) in [5.41, 5.74) is 0.715. The molecule has 0 bridgehead atoms. The van der Waals surface area contributed by atoms with E-state index in [1.807, 2.05) is 0 Å². The number of imide groups is 1. The summed E-state index contributed by atoms with van der Waals surface area (Å²) in [6, 6.07) is 5.12. The van der Waals surface area contributed by atoms with Crippen molar-refractivity contribution in [1.29, 1.82) is 0 Å². The van der Waals surface area contributed by atoms with Crippen molar-refractivity contribution in [2.75, 3.05) is 6.54 Å². The van der Waals surface area contributed by atoms with Gasteiger partial charge >= 0.3 is 0 Å². The van der Waals surface area contributed by atoms with E-state index in [0.717, 1.165) is 35.1 Å². The van der Waals surface area contributed by atoms with Crippen molar-refractivity contribution in [2.24, 2.45) is 0 Å². The number of carbonyl (C=O) groups is 3. The van der Waals surface area contributed by atoms with Crippen LogP contribution in [0.5, 0.6) is 0 Å². The van der Waals surface area contributed by atoms with Gasteiger partial charge in [0, 0.05) is 10.5 Å². The molecule has 6 heteroatoms. The molecule has 0 saturated heterocycles. The molecule has 1 heterocycles. The zero-order valence-corrected chi connectivity index (χ0v) is 14.4. The molecule has 3 amide bonds. The van der Waals surface area contributed by atoms with Gasteiger partial charge in [-0.3, -0.25) is 19.3 Å². The Hall–Kier alpha value is -1.69. The van der Waals surface area contributed by atoms with Crippen molar-refractivity contribution in [2.45, 2.75) is 44.6 Å². The van der Waals surface area contributed by atoms with Gasteiger partial charge in [-0.25, -0.2) is 0 Å². The summed E-state index contributed by atoms with van der Waals surface area (Å²) < 4.78 is 0.738. The second kappa shape index (κ2) is 6.83. The Bertz CT molecular complexity index is 651. The smallest absolute Gasteiger partial charge is 0.262 e. The van der Waals surface area contributed by atoms with E-state index < -0.39 is 11.8 Å². The molecule has 1 saturated carbocycles. The van der Waals surface area contributed by atoms with Crippen LogP contribution >= 0.6 is 15.9 Å². The van der Waals surface area contributed by atoms with Crippen LogP contribution in [0.15, 0.2) is 22.7 Å². The number of nitrogens with one attached hydrogen (secondary N) is 1. The lowest BCUT2D eigenvalue weighted by molar-refractivity contribution is -0.122. The predicted octanol–water partition coefficient (Wildman–Crippen LogP) is 2.88. The molecule has 0 unspecified atom stereocenters. The molecule has 1 fully saturated rings. The van der Waals surface area contributed by atoms with E-state index >= 15 is 0 Å². The zero-order valence-electron chi connectivity index (χ0n) is 12.8. The minimum atomic E-state index is -0.401. The van der Waals surface area contributed by atoms with Crippen LogP contribution in [0.1, 0.15) is 59.2 Å². The lowest BCUT2D eigenvalue weighted by Crippen LogP contribution is -2.43. The van der Waals surface area contributed by atoms with E-state index in [1.54, 1.807) is 18.2 Å². The second-order valence-corrected chi connectivity index (χ2v) is 7.06. The molecule has 0 spiro atoms. The molecule has 1 aliphatic carbocycles. The zero-order chi connectivity index (χ0) is 16.4. The molecular formula is C17H19BrN2O3. The van der Waals surface area contributed by atoms with Crippen molar-refractivity contribution in [3.8, 4) is 0 Å². The van der Waals surface area contributed by atoms with Crippen molar-refractivity contribution < 1.29 is 14.4 Å². The first-order chi connectivity index (χ1) is 11.1. The van der Waals surface area contributed by atoms with Crippen molar-refractivity contribution >= 4 is 33.7 Å². The maximum atomic E-state index is 12.3. The summed E-state index contributed by atoms with van der Waals surface area (Å²) >= 11 is 3.29. The molecule has 1 aromatic rings. The molecule has 2 aliphatic rings. The monoisotopic (exact) mass is 378 g/mol. The Morgan fingerprint density at radius 1 is 1.09 bits per heavy atom. The molecule has 3 rings (SSSR count). The highest BCUT2D eigenvalue weighted by Crippen LogP contribution is 2.26. The Morgan fingerprint density at radius 3 is 2.43 bits per heavy atom. The van der Waals surface area contributed by atoms with E-state index in [0.29, 0.717) is 11.1 Å². The third kappa shape index (κ3) is 3.47. The first-order valence-corrected chi connectivity index (χ1v) is 8.80. The highest BCUT2D eigenvalue weighted by Gasteiger charge is 2.36. The molecule has 5 nitrogen and oxygen atoms in total. The fourth-order valence-electron chi connectivity index (χ4n) is 3.25. The van der Waals surface area contributed by atoms with Crippen molar-refractivity contribution in [3.05, 3.63) is 33.8 Å². The number of carbonyl (C=O) groups excluding carboxylic acids is 3. The van der Waals surface area contributed by atoms with E-state index in [-0.39, 0.29) is 18.5 Å². The lowest BCUT2D eigenvalue weighted by Gasteiger charge is -2.19. The van der Waals surface area contributed by atoms with Gasteiger partial charge in [-0.15, -0.1) is 0 Å². The van der Waals surface area contributed by atoms with Gasteiger partial charge in [-0.1, -0.05) is 41.6 Å². The number of benzene rings is 1. The molecule has 1 aromatic carbocycles. The van der Waals surface area contributed by atoms with Crippen LogP contribution in [0.4, 0.5) is 0 Å². The molecule has 1 aliphatic heterocycles. The Morgan fingerprint density at radius 2 is 1.74 bits per heavy atom. The van der Waals surface area contributed by atoms with Gasteiger partial charge in [0.2, 0.25) is 5.91 Å². The summed E-state index contributed by atoms with van der Waals surface area (Å²) in [5, 5.41) is 2.97. The second-order valence-electron chi connectivity index (χ2n) is 6.14. The lowest BCUT2D eigenvalue weighted by atomic mass is 10.1. The number of rotatable bonds is 3. The van der Waals surface area contributed by atoms with Crippen molar-refractivity contribution in [3.63, 3.8) is 0 Å². The summed E-state index contributed by atoms with van der Waals surface area (Å²) in [4.78, 5) is 37.9. The van der Waals surface area contributed by atoms with Gasteiger partial charge in [0.1, 0.15) is 6.54 Å². The Labute approximate surface area is 143 Å². The van der Waals surface area contributed by atoms with E-state index in [2.05, 4.69) is 21.2 Å². The topological polar surface area (TPSA) is 66.5 Å².